The molecule has 0 spiro atoms. The maximum Gasteiger partial charge on any atom is 0.422 e. The van der Waals surface area contributed by atoms with Crippen LogP contribution in [-0.2, 0) is 18.4 Å². The van der Waals surface area contributed by atoms with Gasteiger partial charge in [0.15, 0.2) is 6.61 Å². The zero-order chi connectivity index (χ0) is 19.4. The van der Waals surface area contributed by atoms with Crippen molar-refractivity contribution in [1.82, 2.24) is 20.4 Å². The van der Waals surface area contributed by atoms with Crippen molar-refractivity contribution in [3.63, 3.8) is 0 Å². The molecule has 1 fully saturated rings. The van der Waals surface area contributed by atoms with Crippen molar-refractivity contribution in [2.24, 2.45) is 13.0 Å². The van der Waals surface area contributed by atoms with Gasteiger partial charge in [0, 0.05) is 44.4 Å². The van der Waals surface area contributed by atoms with Crippen molar-refractivity contribution in [2.75, 3.05) is 19.7 Å². The van der Waals surface area contributed by atoms with Crippen molar-refractivity contribution in [3.05, 3.63) is 47.8 Å². The number of hydrogen-bond acceptors (Lipinski definition) is 4. The summed E-state index contributed by atoms with van der Waals surface area (Å²) in [5.41, 5.74) is 1.48. The number of amides is 1. The first kappa shape index (κ1) is 22.0. The summed E-state index contributed by atoms with van der Waals surface area (Å²) in [7, 11) is 1.82. The summed E-state index contributed by atoms with van der Waals surface area (Å²) in [5.74, 6) is -0.296. The van der Waals surface area contributed by atoms with E-state index in [9.17, 15) is 18.0 Å². The highest BCUT2D eigenvalue weighted by atomic mass is 35.5. The molecule has 6 nitrogen and oxygen atoms in total. The highest BCUT2D eigenvalue weighted by Gasteiger charge is 2.34. The van der Waals surface area contributed by atoms with Crippen LogP contribution in [-0.4, -0.2) is 41.6 Å². The van der Waals surface area contributed by atoms with Gasteiger partial charge < -0.3 is 15.4 Å². The number of aryl methyl sites for hydroxylation is 1. The Morgan fingerprint density at radius 2 is 2.11 bits per heavy atom. The van der Waals surface area contributed by atoms with Crippen LogP contribution < -0.4 is 15.4 Å². The van der Waals surface area contributed by atoms with Gasteiger partial charge in [-0.05, 0) is 11.6 Å². The van der Waals surface area contributed by atoms with Gasteiger partial charge in [0.2, 0.25) is 5.91 Å². The average Bonchev–Trinajstić information content (AvgIpc) is 3.26. The summed E-state index contributed by atoms with van der Waals surface area (Å²) in [6.45, 7) is -0.0522. The molecule has 10 heteroatoms. The molecule has 0 saturated carbocycles. The van der Waals surface area contributed by atoms with Crippen LogP contribution in [0.4, 0.5) is 13.2 Å². The zero-order valence-corrected chi connectivity index (χ0v) is 16.0. The van der Waals surface area contributed by atoms with Crippen LogP contribution in [0.3, 0.4) is 0 Å². The van der Waals surface area contributed by atoms with Crippen LogP contribution in [0.5, 0.6) is 5.75 Å². The second kappa shape index (κ2) is 9.29. The lowest BCUT2D eigenvalue weighted by Crippen LogP contribution is -2.34. The van der Waals surface area contributed by atoms with Crippen molar-refractivity contribution in [1.29, 1.82) is 0 Å². The van der Waals surface area contributed by atoms with E-state index < -0.39 is 12.8 Å². The lowest BCUT2D eigenvalue weighted by Gasteiger charge is -2.18. The molecule has 0 radical (unpaired) electrons. The first-order valence-electron chi connectivity index (χ1n) is 8.58. The number of halogens is 4. The molecule has 3 rings (SSSR count). The second-order valence-corrected chi connectivity index (χ2v) is 6.55. The molecule has 2 heterocycles. The number of aromatic nitrogens is 2. The molecule has 2 N–H and O–H groups in total. The Morgan fingerprint density at radius 3 is 2.79 bits per heavy atom. The molecule has 0 unspecified atom stereocenters. The highest BCUT2D eigenvalue weighted by molar-refractivity contribution is 5.85. The Morgan fingerprint density at radius 1 is 1.36 bits per heavy atom. The van der Waals surface area contributed by atoms with Crippen LogP contribution in [0.1, 0.15) is 17.0 Å². The molecule has 2 aromatic rings. The summed E-state index contributed by atoms with van der Waals surface area (Å²) in [4.78, 5) is 12.6. The maximum absolute atomic E-state index is 12.6. The molecule has 1 aromatic heterocycles. The molecule has 1 aromatic carbocycles. The van der Waals surface area contributed by atoms with Crippen LogP contribution in [0.25, 0.3) is 0 Å². The van der Waals surface area contributed by atoms with Gasteiger partial charge in [-0.15, -0.1) is 12.4 Å². The number of benzene rings is 1. The van der Waals surface area contributed by atoms with E-state index in [1.807, 2.05) is 13.2 Å². The smallest absolute Gasteiger partial charge is 0.422 e. The van der Waals surface area contributed by atoms with E-state index in [2.05, 4.69) is 15.7 Å². The SMILES string of the molecule is Cl.Cn1cc([C@H]2CNC[C@@H]2C(=O)NCc2ccccc2OCC(F)(F)F)cn1. The number of nitrogens with zero attached hydrogens (tertiary/aromatic N) is 2. The molecule has 1 saturated heterocycles. The Hall–Kier alpha value is -2.26. The van der Waals surface area contributed by atoms with Crippen LogP contribution in [0, 0.1) is 5.92 Å². The number of para-hydroxylation sites is 1. The summed E-state index contributed by atoms with van der Waals surface area (Å²) < 4.78 is 43.7. The minimum atomic E-state index is -4.41. The van der Waals surface area contributed by atoms with E-state index in [1.165, 1.54) is 6.07 Å². The van der Waals surface area contributed by atoms with Gasteiger partial charge in [0.1, 0.15) is 5.75 Å². The predicted molar refractivity (Wildman–Crippen MR) is 99.4 cm³/mol. The maximum atomic E-state index is 12.6. The van der Waals surface area contributed by atoms with Gasteiger partial charge in [0.05, 0.1) is 12.1 Å². The fourth-order valence-electron chi connectivity index (χ4n) is 3.20. The Kier molecular flexibility index (Phi) is 7.31. The molecule has 1 aliphatic rings. The van der Waals surface area contributed by atoms with Crippen LogP contribution >= 0.6 is 12.4 Å². The number of rotatable bonds is 6. The highest BCUT2D eigenvalue weighted by Crippen LogP contribution is 2.28. The number of carbonyl (C=O) groups excluding carboxylic acids is 1. The first-order chi connectivity index (χ1) is 12.8. The third-order valence-corrected chi connectivity index (χ3v) is 4.52. The Labute approximate surface area is 166 Å². The topological polar surface area (TPSA) is 68.2 Å². The van der Waals surface area contributed by atoms with Crippen molar-refractivity contribution in [3.8, 4) is 5.75 Å². The molecular formula is C18H22ClF3N4O2. The fraction of sp³-hybridized carbons (Fsp3) is 0.444. The zero-order valence-electron chi connectivity index (χ0n) is 15.2. The molecular weight excluding hydrogens is 397 g/mol. The lowest BCUT2D eigenvalue weighted by molar-refractivity contribution is -0.153. The Bertz CT molecular complexity index is 797. The van der Waals surface area contributed by atoms with E-state index in [0.717, 1.165) is 5.56 Å². The lowest BCUT2D eigenvalue weighted by atomic mass is 9.90. The van der Waals surface area contributed by atoms with E-state index in [4.69, 9.17) is 4.74 Å². The van der Waals surface area contributed by atoms with E-state index >= 15 is 0 Å². The molecule has 0 bridgehead atoms. The predicted octanol–water partition coefficient (Wildman–Crippen LogP) is 2.40. The largest absolute Gasteiger partial charge is 0.484 e. The minimum absolute atomic E-state index is 0. The molecule has 28 heavy (non-hydrogen) atoms. The summed E-state index contributed by atoms with van der Waals surface area (Å²) in [6, 6.07) is 6.38. The van der Waals surface area contributed by atoms with Gasteiger partial charge in [-0.2, -0.15) is 18.3 Å². The quantitative estimate of drug-likeness (QED) is 0.756. The monoisotopic (exact) mass is 418 g/mol. The van der Waals surface area contributed by atoms with Crippen molar-refractivity contribution >= 4 is 18.3 Å². The average molecular weight is 419 g/mol. The van der Waals surface area contributed by atoms with Crippen LogP contribution in [0.2, 0.25) is 0 Å². The summed E-state index contributed by atoms with van der Waals surface area (Å²) in [6.07, 6.45) is -0.779. The van der Waals surface area contributed by atoms with Gasteiger partial charge in [-0.3, -0.25) is 9.48 Å². The van der Waals surface area contributed by atoms with E-state index in [0.29, 0.717) is 18.7 Å². The standard InChI is InChI=1S/C18H21F3N4O2.ClH/c1-25-10-13(7-24-25)14-8-22-9-15(14)17(26)23-6-12-4-2-3-5-16(12)27-11-18(19,20)21;/h2-5,7,10,14-15,22H,6,8-9,11H2,1H3,(H,23,26);1H/t14-,15+;/m1./s1. The Balaban J connectivity index is 0.00000280. The number of ether oxygens (including phenoxy) is 1. The molecule has 2 atom stereocenters. The molecule has 1 aliphatic heterocycles. The third kappa shape index (κ3) is 5.62. The van der Waals surface area contributed by atoms with Crippen molar-refractivity contribution < 1.29 is 22.7 Å². The molecule has 1 amide bonds. The normalized spacial score (nSPS) is 19.1. The molecule has 0 aliphatic carbocycles. The third-order valence-electron chi connectivity index (χ3n) is 4.52. The summed E-state index contributed by atoms with van der Waals surface area (Å²) in [5, 5.41) is 10.2. The van der Waals surface area contributed by atoms with E-state index in [-0.39, 0.29) is 42.4 Å². The number of hydrogen-bond donors (Lipinski definition) is 2. The number of nitrogens with one attached hydrogen (secondary N) is 2. The first-order valence-corrected chi connectivity index (χ1v) is 8.58. The van der Waals surface area contributed by atoms with Gasteiger partial charge in [0.25, 0.3) is 0 Å². The minimum Gasteiger partial charge on any atom is -0.484 e. The van der Waals surface area contributed by atoms with Gasteiger partial charge >= 0.3 is 6.18 Å². The van der Waals surface area contributed by atoms with Gasteiger partial charge in [-0.1, -0.05) is 18.2 Å². The molecule has 154 valence electrons. The number of carbonyl (C=O) groups is 1. The second-order valence-electron chi connectivity index (χ2n) is 6.55. The number of alkyl halides is 3. The van der Waals surface area contributed by atoms with Crippen LogP contribution in [0.15, 0.2) is 36.7 Å². The summed E-state index contributed by atoms with van der Waals surface area (Å²) >= 11 is 0. The fourth-order valence-corrected chi connectivity index (χ4v) is 3.20. The van der Waals surface area contributed by atoms with Gasteiger partial charge in [-0.25, -0.2) is 0 Å². The van der Waals surface area contributed by atoms with E-state index in [1.54, 1.807) is 29.1 Å². The van der Waals surface area contributed by atoms with Crippen molar-refractivity contribution in [2.45, 2.75) is 18.6 Å².